The highest BCUT2D eigenvalue weighted by atomic mass is 16.5. The molecule has 0 bridgehead atoms. The topological polar surface area (TPSA) is 26.3 Å². The highest BCUT2D eigenvalue weighted by Gasteiger charge is 2.19. The molecule has 270 valence electrons. The van der Waals surface area contributed by atoms with Crippen molar-refractivity contribution in [1.29, 1.82) is 0 Å². The highest BCUT2D eigenvalue weighted by molar-refractivity contribution is 5.72. The van der Waals surface area contributed by atoms with E-state index in [2.05, 4.69) is 20.8 Å². The van der Waals surface area contributed by atoms with Crippen LogP contribution in [0.5, 0.6) is 0 Å². The second-order valence-electron chi connectivity index (χ2n) is 14.8. The molecule has 0 fully saturated rings. The molecule has 0 aliphatic rings. The van der Waals surface area contributed by atoms with Gasteiger partial charge in [-0.2, -0.15) is 0 Å². The average molecular weight is 635 g/mol. The largest absolute Gasteiger partial charge is 0.465 e. The van der Waals surface area contributed by atoms with E-state index in [1.165, 1.54) is 218 Å². The Morgan fingerprint density at radius 2 is 0.556 bits per heavy atom. The highest BCUT2D eigenvalue weighted by Crippen LogP contribution is 2.22. The summed E-state index contributed by atoms with van der Waals surface area (Å²) in [6.45, 7) is 7.51. The van der Waals surface area contributed by atoms with Gasteiger partial charge >= 0.3 is 5.97 Å². The maximum atomic E-state index is 13.0. The van der Waals surface area contributed by atoms with E-state index in [1.54, 1.807) is 0 Å². The molecule has 0 heterocycles. The maximum absolute atomic E-state index is 13.0. The Morgan fingerprint density at radius 1 is 0.333 bits per heavy atom. The van der Waals surface area contributed by atoms with Crippen molar-refractivity contribution in [1.82, 2.24) is 0 Å². The Labute approximate surface area is 285 Å². The molecule has 2 nitrogen and oxygen atoms in total. The van der Waals surface area contributed by atoms with Crippen LogP contribution in [0.4, 0.5) is 0 Å². The zero-order valence-corrected chi connectivity index (χ0v) is 31.8. The molecule has 0 radical (unpaired) electrons. The number of carbonyl (C=O) groups excluding carboxylic acids is 1. The van der Waals surface area contributed by atoms with E-state index in [-0.39, 0.29) is 11.9 Å². The predicted octanol–water partition coefficient (Wildman–Crippen LogP) is 15.6. The molecule has 0 saturated heterocycles. The van der Waals surface area contributed by atoms with Crippen molar-refractivity contribution in [2.24, 2.45) is 5.92 Å². The summed E-state index contributed by atoms with van der Waals surface area (Å²) < 4.78 is 5.83. The Balaban J connectivity index is 3.81. The molecule has 0 aromatic rings. The molecule has 0 rings (SSSR count). The van der Waals surface area contributed by atoms with E-state index in [0.29, 0.717) is 6.61 Å². The Bertz CT molecular complexity index is 544. The molecule has 1 unspecified atom stereocenters. The molecule has 0 amide bonds. The number of ether oxygens (including phenoxy) is 1. The van der Waals surface area contributed by atoms with Gasteiger partial charge in [0.05, 0.1) is 12.5 Å². The second-order valence-corrected chi connectivity index (χ2v) is 14.8. The Morgan fingerprint density at radius 3 is 0.822 bits per heavy atom. The molecular weight excluding hydrogens is 548 g/mol. The summed E-state index contributed by atoms with van der Waals surface area (Å²) in [5, 5.41) is 0. The van der Waals surface area contributed by atoms with E-state index in [9.17, 15) is 4.79 Å². The summed E-state index contributed by atoms with van der Waals surface area (Å²) >= 11 is 0. The lowest BCUT2D eigenvalue weighted by molar-refractivity contribution is -0.149. The summed E-state index contributed by atoms with van der Waals surface area (Å²) in [5.41, 5.74) is 0. The zero-order valence-electron chi connectivity index (χ0n) is 31.8. The first-order valence-corrected chi connectivity index (χ1v) is 21.4. The van der Waals surface area contributed by atoms with E-state index in [4.69, 9.17) is 4.74 Å². The van der Waals surface area contributed by atoms with E-state index in [0.717, 1.165) is 19.3 Å². The minimum atomic E-state index is 0.112. The van der Waals surface area contributed by atoms with Crippen LogP contribution in [0.15, 0.2) is 0 Å². The van der Waals surface area contributed by atoms with Crippen LogP contribution in [0.2, 0.25) is 0 Å². The van der Waals surface area contributed by atoms with Gasteiger partial charge in [-0.15, -0.1) is 0 Å². The fraction of sp³-hybridized carbons (Fsp3) is 0.977. The number of rotatable bonds is 39. The summed E-state index contributed by atoms with van der Waals surface area (Å²) in [7, 11) is 0. The fourth-order valence-corrected chi connectivity index (χ4v) is 6.90. The number of hydrogen-bond acceptors (Lipinski definition) is 2. The van der Waals surface area contributed by atoms with E-state index < -0.39 is 0 Å². The zero-order chi connectivity index (χ0) is 32.7. The monoisotopic (exact) mass is 635 g/mol. The molecule has 0 N–H and O–H groups in total. The van der Waals surface area contributed by atoms with Gasteiger partial charge in [0.15, 0.2) is 0 Å². The molecule has 45 heavy (non-hydrogen) atoms. The first-order chi connectivity index (χ1) is 22.3. The Kier molecular flexibility index (Phi) is 39.2. The molecule has 1 atom stereocenters. The van der Waals surface area contributed by atoms with Crippen LogP contribution in [0, 0.1) is 5.92 Å². The van der Waals surface area contributed by atoms with Gasteiger partial charge in [-0.3, -0.25) is 4.79 Å². The predicted molar refractivity (Wildman–Crippen MR) is 202 cm³/mol. The number of unbranched alkanes of at least 4 members (excludes halogenated alkanes) is 32. The smallest absolute Gasteiger partial charge is 0.308 e. The van der Waals surface area contributed by atoms with Gasteiger partial charge in [-0.05, 0) is 19.3 Å². The minimum Gasteiger partial charge on any atom is -0.465 e. The van der Waals surface area contributed by atoms with Gasteiger partial charge in [-0.1, -0.05) is 239 Å². The molecule has 0 aliphatic heterocycles. The van der Waals surface area contributed by atoms with Crippen molar-refractivity contribution in [2.45, 2.75) is 258 Å². The van der Waals surface area contributed by atoms with Crippen LogP contribution < -0.4 is 0 Å². The lowest BCUT2D eigenvalue weighted by Crippen LogP contribution is -2.18. The summed E-state index contributed by atoms with van der Waals surface area (Å²) in [5.74, 6) is 0.256. The molecule has 0 aromatic heterocycles. The van der Waals surface area contributed by atoms with Crippen LogP contribution in [0.1, 0.15) is 258 Å². The van der Waals surface area contributed by atoms with Crippen LogP contribution >= 0.6 is 0 Å². The molecular formula is C43H86O2. The van der Waals surface area contributed by atoms with Gasteiger partial charge < -0.3 is 4.74 Å². The molecule has 0 spiro atoms. The summed E-state index contributed by atoms with van der Waals surface area (Å²) in [6, 6.07) is 0. The standard InChI is InChI=1S/C43H86O2/c1-4-7-10-13-15-17-19-21-23-24-25-27-29-31-34-37-40-42(39-36-33-12-9-6-3)43(44)45-41-38-35-32-30-28-26-22-20-18-16-14-11-8-5-2/h42H,4-41H2,1-3H3. The third-order valence-electron chi connectivity index (χ3n) is 10.1. The fourth-order valence-electron chi connectivity index (χ4n) is 6.90. The van der Waals surface area contributed by atoms with E-state index in [1.807, 2.05) is 0 Å². The average Bonchev–Trinajstić information content (AvgIpc) is 3.05. The SMILES string of the molecule is CCCCCCCCCCCCCCCCCCC(CCCCCCC)C(=O)OCCCCCCCCCCCCCCCC. The van der Waals surface area contributed by atoms with Crippen LogP contribution in [0.25, 0.3) is 0 Å². The third kappa shape index (κ3) is 36.2. The summed E-state index contributed by atoms with van der Waals surface area (Å²) in [6.07, 6.45) is 49.9. The first-order valence-electron chi connectivity index (χ1n) is 21.4. The number of hydrogen-bond donors (Lipinski definition) is 0. The van der Waals surface area contributed by atoms with Crippen molar-refractivity contribution < 1.29 is 9.53 Å². The number of esters is 1. The van der Waals surface area contributed by atoms with Crippen molar-refractivity contribution >= 4 is 5.97 Å². The van der Waals surface area contributed by atoms with Gasteiger partial charge in [-0.25, -0.2) is 0 Å². The molecule has 0 aliphatic carbocycles. The van der Waals surface area contributed by atoms with Crippen molar-refractivity contribution in [3.05, 3.63) is 0 Å². The van der Waals surface area contributed by atoms with E-state index >= 15 is 0 Å². The quantitative estimate of drug-likeness (QED) is 0.0497. The van der Waals surface area contributed by atoms with Crippen molar-refractivity contribution in [2.75, 3.05) is 6.61 Å². The number of carbonyl (C=O) groups is 1. The van der Waals surface area contributed by atoms with Gasteiger partial charge in [0, 0.05) is 0 Å². The van der Waals surface area contributed by atoms with Gasteiger partial charge in [0.25, 0.3) is 0 Å². The van der Waals surface area contributed by atoms with Crippen LogP contribution in [0.3, 0.4) is 0 Å². The van der Waals surface area contributed by atoms with Crippen molar-refractivity contribution in [3.8, 4) is 0 Å². The minimum absolute atomic E-state index is 0.112. The third-order valence-corrected chi connectivity index (χ3v) is 10.1. The molecule has 0 aromatic carbocycles. The maximum Gasteiger partial charge on any atom is 0.308 e. The summed E-state index contributed by atoms with van der Waals surface area (Å²) in [4.78, 5) is 13.0. The first kappa shape index (κ1) is 44.5. The van der Waals surface area contributed by atoms with Gasteiger partial charge in [0.2, 0.25) is 0 Å². The molecule has 2 heteroatoms. The van der Waals surface area contributed by atoms with Crippen LogP contribution in [-0.4, -0.2) is 12.6 Å². The normalized spacial score (nSPS) is 12.2. The lowest BCUT2D eigenvalue weighted by Gasteiger charge is -2.16. The lowest BCUT2D eigenvalue weighted by atomic mass is 9.94. The van der Waals surface area contributed by atoms with Gasteiger partial charge in [0.1, 0.15) is 0 Å². The Hall–Kier alpha value is -0.530. The second kappa shape index (κ2) is 39.6. The van der Waals surface area contributed by atoms with Crippen molar-refractivity contribution in [3.63, 3.8) is 0 Å². The molecule has 0 saturated carbocycles. The van der Waals surface area contributed by atoms with Crippen LogP contribution in [-0.2, 0) is 9.53 Å².